The van der Waals surface area contributed by atoms with Crippen molar-refractivity contribution in [1.82, 2.24) is 0 Å². The summed E-state index contributed by atoms with van der Waals surface area (Å²) in [5.41, 5.74) is 17.1. The third kappa shape index (κ3) is 6.57. The highest BCUT2D eigenvalue weighted by Gasteiger charge is 2.13. The van der Waals surface area contributed by atoms with Crippen LogP contribution in [0.15, 0.2) is 42.2 Å². The van der Waals surface area contributed by atoms with E-state index in [2.05, 4.69) is 13.8 Å². The molecule has 1 aromatic rings. The van der Waals surface area contributed by atoms with Gasteiger partial charge in [-0.25, -0.2) is 0 Å². The van der Waals surface area contributed by atoms with Crippen LogP contribution in [0.4, 0.5) is 0 Å². The van der Waals surface area contributed by atoms with Crippen molar-refractivity contribution in [2.75, 3.05) is 0 Å². The highest BCUT2D eigenvalue weighted by molar-refractivity contribution is 5.68. The van der Waals surface area contributed by atoms with Crippen LogP contribution in [-0.2, 0) is 0 Å². The van der Waals surface area contributed by atoms with Gasteiger partial charge < -0.3 is 22.3 Å². The second kappa shape index (κ2) is 9.03. The van der Waals surface area contributed by atoms with Crippen molar-refractivity contribution in [2.45, 2.75) is 39.5 Å². The monoisotopic (exact) mass is 303 g/mol. The molecule has 4 nitrogen and oxygen atoms in total. The summed E-state index contributed by atoms with van der Waals surface area (Å²) in [6, 6.07) is 6.78. The van der Waals surface area contributed by atoms with Gasteiger partial charge in [0.2, 0.25) is 0 Å². The van der Waals surface area contributed by atoms with Crippen LogP contribution in [0, 0.1) is 11.8 Å². The van der Waals surface area contributed by atoms with Gasteiger partial charge in [-0.2, -0.15) is 0 Å². The first-order chi connectivity index (χ1) is 10.4. The van der Waals surface area contributed by atoms with Gasteiger partial charge in [-0.15, -0.1) is 0 Å². The van der Waals surface area contributed by atoms with Gasteiger partial charge in [0, 0.05) is 11.3 Å². The molecular weight excluding hydrogens is 274 g/mol. The van der Waals surface area contributed by atoms with Crippen LogP contribution in [0.2, 0.25) is 0 Å². The number of nitrogens with two attached hydrogens (primary N) is 3. The van der Waals surface area contributed by atoms with Crippen LogP contribution >= 0.6 is 0 Å². The van der Waals surface area contributed by atoms with E-state index in [4.69, 9.17) is 17.2 Å². The molecule has 0 bridgehead atoms. The fourth-order valence-corrected chi connectivity index (χ4v) is 2.42. The number of aromatic hydroxyl groups is 1. The molecule has 0 unspecified atom stereocenters. The lowest BCUT2D eigenvalue weighted by Crippen LogP contribution is -2.08. The van der Waals surface area contributed by atoms with Gasteiger partial charge in [-0.05, 0) is 36.1 Å². The van der Waals surface area contributed by atoms with Crippen LogP contribution in [-0.4, -0.2) is 5.11 Å². The topological polar surface area (TPSA) is 98.3 Å². The highest BCUT2D eigenvalue weighted by Crippen LogP contribution is 2.27. The summed E-state index contributed by atoms with van der Waals surface area (Å²) >= 11 is 0. The summed E-state index contributed by atoms with van der Waals surface area (Å²) in [5.74, 6) is 2.34. The van der Waals surface area contributed by atoms with Gasteiger partial charge >= 0.3 is 0 Å². The minimum Gasteiger partial charge on any atom is -0.507 e. The van der Waals surface area contributed by atoms with E-state index in [1.807, 2.05) is 0 Å². The fourth-order valence-electron chi connectivity index (χ4n) is 2.42. The van der Waals surface area contributed by atoms with Crippen molar-refractivity contribution >= 4 is 5.70 Å². The molecular formula is C18H29N3O. The normalized spacial score (nSPS) is 21.5. The van der Waals surface area contributed by atoms with Crippen molar-refractivity contribution < 1.29 is 5.11 Å². The quantitative estimate of drug-likeness (QED) is 0.630. The summed E-state index contributed by atoms with van der Waals surface area (Å²) in [4.78, 5) is 0. The minimum absolute atomic E-state index is 0.130. The lowest BCUT2D eigenvalue weighted by atomic mass is 9.84. The number of benzene rings is 1. The van der Waals surface area contributed by atoms with Gasteiger partial charge in [0.05, 0.1) is 5.82 Å². The van der Waals surface area contributed by atoms with E-state index < -0.39 is 0 Å². The summed E-state index contributed by atoms with van der Waals surface area (Å²) < 4.78 is 0. The van der Waals surface area contributed by atoms with Crippen molar-refractivity contribution in [3.05, 3.63) is 47.8 Å². The Labute approximate surface area is 133 Å². The van der Waals surface area contributed by atoms with E-state index in [1.54, 1.807) is 30.3 Å². The van der Waals surface area contributed by atoms with E-state index in [9.17, 15) is 5.11 Å². The number of rotatable bonds is 2. The molecule has 0 aromatic heterocycles. The molecule has 122 valence electrons. The molecule has 2 rings (SSSR count). The predicted octanol–water partition coefficient (Wildman–Crippen LogP) is 3.28. The van der Waals surface area contributed by atoms with Crippen LogP contribution in [0.3, 0.4) is 0 Å². The first kappa shape index (κ1) is 18.0. The Morgan fingerprint density at radius 3 is 1.91 bits per heavy atom. The van der Waals surface area contributed by atoms with Gasteiger partial charge in [0.1, 0.15) is 5.75 Å². The molecule has 22 heavy (non-hydrogen) atoms. The molecule has 0 atom stereocenters. The molecule has 0 spiro atoms. The standard InChI is InChI=1S/C10H13N3O.C8H16/c11-8(5-6-10(12)13)7-3-1-2-4-9(7)14;1-7-3-5-8(2)6-4-7/h1-6,14H,11-13H2;7-8H,3-6H2,1-2H3/b8-5-;. The second-order valence-electron chi connectivity index (χ2n) is 6.17. The first-order valence-corrected chi connectivity index (χ1v) is 7.87. The molecule has 7 N–H and O–H groups in total. The van der Waals surface area contributed by atoms with Crippen LogP contribution < -0.4 is 17.2 Å². The van der Waals surface area contributed by atoms with E-state index in [1.165, 1.54) is 31.8 Å². The maximum absolute atomic E-state index is 9.44. The highest BCUT2D eigenvalue weighted by atomic mass is 16.3. The smallest absolute Gasteiger partial charge is 0.124 e. The maximum Gasteiger partial charge on any atom is 0.124 e. The molecule has 4 heteroatoms. The average Bonchev–Trinajstić information content (AvgIpc) is 2.49. The Morgan fingerprint density at radius 2 is 1.45 bits per heavy atom. The molecule has 1 aliphatic rings. The van der Waals surface area contributed by atoms with Crippen LogP contribution in [0.1, 0.15) is 45.1 Å². The van der Waals surface area contributed by atoms with E-state index in [-0.39, 0.29) is 11.6 Å². The average molecular weight is 303 g/mol. The maximum atomic E-state index is 9.44. The Hall–Kier alpha value is -2.10. The number of phenols is 1. The van der Waals surface area contributed by atoms with Crippen molar-refractivity contribution in [1.29, 1.82) is 0 Å². The molecule has 0 heterocycles. The third-order valence-corrected chi connectivity index (χ3v) is 3.97. The zero-order chi connectivity index (χ0) is 16.5. The summed E-state index contributed by atoms with van der Waals surface area (Å²) in [6.07, 6.45) is 8.91. The number of hydrogen-bond donors (Lipinski definition) is 4. The molecule has 0 amide bonds. The van der Waals surface area contributed by atoms with E-state index in [0.29, 0.717) is 11.3 Å². The zero-order valence-electron chi connectivity index (χ0n) is 13.6. The van der Waals surface area contributed by atoms with Crippen molar-refractivity contribution in [3.8, 4) is 5.75 Å². The van der Waals surface area contributed by atoms with Gasteiger partial charge in [0.25, 0.3) is 0 Å². The van der Waals surface area contributed by atoms with Gasteiger partial charge in [0.15, 0.2) is 0 Å². The summed E-state index contributed by atoms with van der Waals surface area (Å²) in [6.45, 7) is 4.73. The Bertz CT molecular complexity index is 501. The van der Waals surface area contributed by atoms with Crippen LogP contribution in [0.25, 0.3) is 5.70 Å². The second-order valence-corrected chi connectivity index (χ2v) is 6.17. The predicted molar refractivity (Wildman–Crippen MR) is 93.5 cm³/mol. The minimum atomic E-state index is 0.130. The first-order valence-electron chi connectivity index (χ1n) is 7.87. The Balaban J connectivity index is 0.000000255. The Morgan fingerprint density at radius 1 is 0.955 bits per heavy atom. The molecule has 1 aliphatic carbocycles. The summed E-state index contributed by atoms with van der Waals surface area (Å²) in [5, 5.41) is 9.44. The number of allylic oxidation sites excluding steroid dienone is 2. The molecule has 0 aliphatic heterocycles. The fraction of sp³-hybridized carbons (Fsp3) is 0.444. The number of para-hydroxylation sites is 1. The molecule has 0 saturated heterocycles. The van der Waals surface area contributed by atoms with E-state index >= 15 is 0 Å². The van der Waals surface area contributed by atoms with E-state index in [0.717, 1.165) is 11.8 Å². The Kier molecular flexibility index (Phi) is 7.37. The third-order valence-electron chi connectivity index (χ3n) is 3.97. The van der Waals surface area contributed by atoms with Gasteiger partial charge in [-0.1, -0.05) is 51.7 Å². The molecule has 1 aromatic carbocycles. The molecule has 1 fully saturated rings. The SMILES string of the molecule is CC1CCC(C)CC1.NC(N)=C/C=C(\N)c1ccccc1O. The lowest BCUT2D eigenvalue weighted by Gasteiger charge is -2.22. The lowest BCUT2D eigenvalue weighted by molar-refractivity contribution is 0.308. The number of phenolic OH excluding ortho intramolecular Hbond substituents is 1. The van der Waals surface area contributed by atoms with Crippen LogP contribution in [0.5, 0.6) is 5.75 Å². The summed E-state index contributed by atoms with van der Waals surface area (Å²) in [7, 11) is 0. The van der Waals surface area contributed by atoms with Gasteiger partial charge in [-0.3, -0.25) is 0 Å². The molecule has 1 saturated carbocycles. The number of hydrogen-bond acceptors (Lipinski definition) is 4. The largest absolute Gasteiger partial charge is 0.507 e. The van der Waals surface area contributed by atoms with Crippen molar-refractivity contribution in [2.24, 2.45) is 29.0 Å². The van der Waals surface area contributed by atoms with Crippen molar-refractivity contribution in [3.63, 3.8) is 0 Å². The molecule has 0 radical (unpaired) electrons. The zero-order valence-corrected chi connectivity index (χ0v) is 13.6.